The Bertz CT molecular complexity index is 1960. The number of nitrogens with zero attached hydrogens (tertiary/aromatic N) is 1. The number of hydrogen-bond donors (Lipinski definition) is 1. The molecule has 3 nitrogen and oxygen atoms in total. The van der Waals surface area contributed by atoms with E-state index < -0.39 is 0 Å². The summed E-state index contributed by atoms with van der Waals surface area (Å²) >= 11 is 0. The molecule has 8 rings (SSSR count). The normalized spacial score (nSPS) is 14.3. The summed E-state index contributed by atoms with van der Waals surface area (Å²) in [5, 5.41) is 4.61. The van der Waals surface area contributed by atoms with E-state index in [9.17, 15) is 0 Å². The number of benzene rings is 5. The second-order valence-corrected chi connectivity index (χ2v) is 11.5. The second-order valence-electron chi connectivity index (χ2n) is 11.5. The van der Waals surface area contributed by atoms with Crippen molar-refractivity contribution in [2.45, 2.75) is 19.3 Å². The van der Waals surface area contributed by atoms with Crippen LogP contribution in [0, 0.1) is 0 Å². The molecule has 0 amide bonds. The van der Waals surface area contributed by atoms with Crippen LogP contribution < -0.4 is 10.2 Å². The lowest BCUT2D eigenvalue weighted by molar-refractivity contribution is 0.604. The fourth-order valence-corrected chi connectivity index (χ4v) is 6.58. The number of fused-ring (bicyclic) bond motifs is 6. The Labute approximate surface area is 240 Å². The van der Waals surface area contributed by atoms with Crippen LogP contribution >= 0.6 is 0 Å². The lowest BCUT2D eigenvalue weighted by Gasteiger charge is -2.28. The number of furan rings is 1. The summed E-state index contributed by atoms with van der Waals surface area (Å²) in [7, 11) is 0. The first-order valence-corrected chi connectivity index (χ1v) is 14.2. The summed E-state index contributed by atoms with van der Waals surface area (Å²) in [6.07, 6.45) is 4.16. The molecule has 1 aliphatic carbocycles. The molecule has 5 aromatic carbocycles. The van der Waals surface area contributed by atoms with Crippen molar-refractivity contribution in [2.75, 3.05) is 16.8 Å². The van der Waals surface area contributed by atoms with Gasteiger partial charge in [0, 0.05) is 34.4 Å². The maximum absolute atomic E-state index is 6.16. The van der Waals surface area contributed by atoms with Crippen LogP contribution in [-0.2, 0) is 5.41 Å². The third-order valence-corrected chi connectivity index (χ3v) is 8.68. The quantitative estimate of drug-likeness (QED) is 0.246. The summed E-state index contributed by atoms with van der Waals surface area (Å²) in [4.78, 5) is 2.37. The van der Waals surface area contributed by atoms with Gasteiger partial charge in [-0.25, -0.2) is 0 Å². The molecular formula is C38H30N2O. The molecule has 0 saturated carbocycles. The Hall–Kier alpha value is -5.02. The highest BCUT2D eigenvalue weighted by Crippen LogP contribution is 2.51. The first-order chi connectivity index (χ1) is 20.1. The molecule has 1 N–H and O–H groups in total. The first-order valence-electron chi connectivity index (χ1n) is 14.2. The van der Waals surface area contributed by atoms with Gasteiger partial charge in [-0.15, -0.1) is 0 Å². The highest BCUT2D eigenvalue weighted by molar-refractivity contribution is 5.99. The zero-order valence-corrected chi connectivity index (χ0v) is 23.2. The smallest absolute Gasteiger partial charge is 0.151 e. The van der Waals surface area contributed by atoms with Crippen LogP contribution in [0.5, 0.6) is 0 Å². The summed E-state index contributed by atoms with van der Waals surface area (Å²) in [6, 6.07) is 41.7. The van der Waals surface area contributed by atoms with Crippen molar-refractivity contribution in [3.63, 3.8) is 0 Å². The van der Waals surface area contributed by atoms with Crippen LogP contribution in [0.3, 0.4) is 0 Å². The second kappa shape index (κ2) is 9.00. The molecule has 0 radical (unpaired) electrons. The van der Waals surface area contributed by atoms with Crippen LogP contribution in [0.2, 0.25) is 0 Å². The van der Waals surface area contributed by atoms with Gasteiger partial charge in [0.2, 0.25) is 0 Å². The molecule has 1 aromatic heterocycles. The molecule has 198 valence electrons. The molecule has 0 bridgehead atoms. The highest BCUT2D eigenvalue weighted by atomic mass is 16.3. The van der Waals surface area contributed by atoms with Gasteiger partial charge in [0.15, 0.2) is 5.76 Å². The Morgan fingerprint density at radius 3 is 2.20 bits per heavy atom. The zero-order valence-electron chi connectivity index (χ0n) is 23.2. The molecule has 2 heterocycles. The molecule has 41 heavy (non-hydrogen) atoms. The van der Waals surface area contributed by atoms with Crippen LogP contribution in [0.25, 0.3) is 39.3 Å². The van der Waals surface area contributed by atoms with E-state index >= 15 is 0 Å². The van der Waals surface area contributed by atoms with Crippen molar-refractivity contribution in [3.05, 3.63) is 138 Å². The predicted octanol–water partition coefficient (Wildman–Crippen LogP) is 10.3. The van der Waals surface area contributed by atoms with Gasteiger partial charge in [0.1, 0.15) is 5.58 Å². The Balaban J connectivity index is 1.30. The predicted molar refractivity (Wildman–Crippen MR) is 171 cm³/mol. The van der Waals surface area contributed by atoms with E-state index in [4.69, 9.17) is 4.42 Å². The van der Waals surface area contributed by atoms with Gasteiger partial charge >= 0.3 is 0 Å². The highest BCUT2D eigenvalue weighted by Gasteiger charge is 2.35. The SMILES string of the molecule is CC1(C)c2ccccc2-c2ccc(N(c3ccc(-c4ccccc4)cc3)c3ccc4oc5c(c4c3)NCC=C5)cc21. The van der Waals surface area contributed by atoms with Crippen LogP contribution in [0.1, 0.15) is 30.7 Å². The van der Waals surface area contributed by atoms with Gasteiger partial charge in [-0.05, 0) is 81.9 Å². The van der Waals surface area contributed by atoms with Crippen molar-refractivity contribution in [1.82, 2.24) is 0 Å². The van der Waals surface area contributed by atoms with E-state index in [1.165, 1.54) is 33.4 Å². The lowest BCUT2D eigenvalue weighted by atomic mass is 9.82. The molecule has 2 aliphatic rings. The van der Waals surface area contributed by atoms with E-state index in [1.807, 2.05) is 0 Å². The molecule has 3 heteroatoms. The Kier molecular flexibility index (Phi) is 5.23. The maximum Gasteiger partial charge on any atom is 0.151 e. The number of anilines is 4. The van der Waals surface area contributed by atoms with Crippen molar-refractivity contribution in [1.29, 1.82) is 0 Å². The molecule has 1 aliphatic heterocycles. The molecule has 0 spiro atoms. The monoisotopic (exact) mass is 530 g/mol. The zero-order chi connectivity index (χ0) is 27.6. The standard InChI is InChI=1S/C38H30N2O/c1-38(2)33-12-7-6-11-30(33)31-20-18-29(24-34(31)38)40(27-16-14-26(15-17-27)25-9-4-3-5-10-25)28-19-21-35-32(23-28)37-36(41-35)13-8-22-39-37/h3-21,23-24,39H,22H2,1-2H3. The molecule has 0 unspecified atom stereocenters. The molecule has 0 atom stereocenters. The topological polar surface area (TPSA) is 28.4 Å². The van der Waals surface area contributed by atoms with Crippen molar-refractivity contribution in [3.8, 4) is 22.3 Å². The average molecular weight is 531 g/mol. The fraction of sp³-hybridized carbons (Fsp3) is 0.105. The van der Waals surface area contributed by atoms with Crippen LogP contribution in [0.4, 0.5) is 22.7 Å². The molecular weight excluding hydrogens is 500 g/mol. The van der Waals surface area contributed by atoms with E-state index in [-0.39, 0.29) is 5.41 Å². The summed E-state index contributed by atoms with van der Waals surface area (Å²) < 4.78 is 6.16. The van der Waals surface area contributed by atoms with Gasteiger partial charge in [-0.1, -0.05) is 92.7 Å². The Morgan fingerprint density at radius 1 is 0.659 bits per heavy atom. The summed E-state index contributed by atoms with van der Waals surface area (Å²) in [5.74, 6) is 0.888. The fourth-order valence-electron chi connectivity index (χ4n) is 6.58. The molecule has 6 aromatic rings. The van der Waals surface area contributed by atoms with E-state index in [0.29, 0.717) is 0 Å². The average Bonchev–Trinajstić information content (AvgIpc) is 3.50. The third kappa shape index (κ3) is 3.73. The van der Waals surface area contributed by atoms with Gasteiger partial charge in [0.05, 0.1) is 5.69 Å². The maximum atomic E-state index is 6.16. The summed E-state index contributed by atoms with van der Waals surface area (Å²) in [6.45, 7) is 5.48. The first kappa shape index (κ1) is 23.8. The Morgan fingerprint density at radius 2 is 1.34 bits per heavy atom. The molecule has 0 saturated heterocycles. The number of hydrogen-bond acceptors (Lipinski definition) is 3. The van der Waals surface area contributed by atoms with E-state index in [2.05, 4.69) is 151 Å². The number of rotatable bonds is 4. The van der Waals surface area contributed by atoms with Gasteiger partial charge < -0.3 is 14.6 Å². The van der Waals surface area contributed by atoms with Gasteiger partial charge in [-0.3, -0.25) is 0 Å². The lowest BCUT2D eigenvalue weighted by Crippen LogP contribution is -2.16. The van der Waals surface area contributed by atoms with E-state index in [0.717, 1.165) is 46.0 Å². The van der Waals surface area contributed by atoms with Gasteiger partial charge in [0.25, 0.3) is 0 Å². The number of nitrogens with one attached hydrogen (secondary N) is 1. The van der Waals surface area contributed by atoms with E-state index in [1.54, 1.807) is 0 Å². The minimum absolute atomic E-state index is 0.0748. The van der Waals surface area contributed by atoms with Crippen molar-refractivity contribution < 1.29 is 4.42 Å². The van der Waals surface area contributed by atoms with Crippen LogP contribution in [-0.4, -0.2) is 6.54 Å². The van der Waals surface area contributed by atoms with Crippen molar-refractivity contribution in [2.24, 2.45) is 0 Å². The van der Waals surface area contributed by atoms with Gasteiger partial charge in [-0.2, -0.15) is 0 Å². The minimum atomic E-state index is -0.0748. The molecule has 0 fully saturated rings. The largest absolute Gasteiger partial charge is 0.454 e. The minimum Gasteiger partial charge on any atom is -0.454 e. The van der Waals surface area contributed by atoms with Crippen LogP contribution in [0.15, 0.2) is 126 Å². The van der Waals surface area contributed by atoms with Crippen molar-refractivity contribution >= 4 is 39.8 Å². The summed E-state index contributed by atoms with van der Waals surface area (Å²) in [5.41, 5.74) is 13.1. The third-order valence-electron chi connectivity index (χ3n) is 8.68.